The van der Waals surface area contributed by atoms with Crippen molar-refractivity contribution in [2.75, 3.05) is 6.54 Å². The average molecular weight is 306 g/mol. The molecule has 3 atom stereocenters. The van der Waals surface area contributed by atoms with E-state index in [1.165, 1.54) is 6.92 Å². The Morgan fingerprint density at radius 3 is 2.50 bits per heavy atom. The van der Waals surface area contributed by atoms with Crippen LogP contribution < -0.4 is 16.4 Å². The Morgan fingerprint density at radius 2 is 1.95 bits per heavy atom. The maximum absolute atomic E-state index is 11.7. The van der Waals surface area contributed by atoms with E-state index in [0.717, 1.165) is 5.56 Å². The smallest absolute Gasteiger partial charge is 0.240 e. The first-order valence-corrected chi connectivity index (χ1v) is 6.86. The highest BCUT2D eigenvalue weighted by atomic mass is 16.3. The molecule has 2 amide bonds. The number of rotatable bonds is 8. The van der Waals surface area contributed by atoms with Crippen LogP contribution in [0.3, 0.4) is 0 Å². The fourth-order valence-electron chi connectivity index (χ4n) is 1.72. The first-order chi connectivity index (χ1) is 10.4. The van der Waals surface area contributed by atoms with Crippen molar-refractivity contribution in [1.82, 2.24) is 10.6 Å². The third kappa shape index (κ3) is 6.02. The summed E-state index contributed by atoms with van der Waals surface area (Å²) >= 11 is 0. The molecule has 0 bridgehead atoms. The van der Waals surface area contributed by atoms with Gasteiger partial charge in [0, 0.05) is 6.42 Å². The van der Waals surface area contributed by atoms with Crippen LogP contribution in [-0.2, 0) is 20.8 Å². The predicted octanol–water partition coefficient (Wildman–Crippen LogP) is -1.35. The number of hydrogen-bond donors (Lipinski definition) is 4. The van der Waals surface area contributed by atoms with E-state index in [0.29, 0.717) is 6.42 Å². The molecule has 0 saturated carbocycles. The summed E-state index contributed by atoms with van der Waals surface area (Å²) in [5, 5.41) is 13.9. The first kappa shape index (κ1) is 17.8. The van der Waals surface area contributed by atoms with Gasteiger partial charge in [-0.3, -0.25) is 14.4 Å². The van der Waals surface area contributed by atoms with Crippen LogP contribution in [0.15, 0.2) is 30.3 Å². The third-order valence-electron chi connectivity index (χ3n) is 3.01. The van der Waals surface area contributed by atoms with Gasteiger partial charge in [-0.15, -0.1) is 0 Å². The Labute approximate surface area is 128 Å². The minimum atomic E-state index is -1.11. The monoisotopic (exact) mass is 306 g/mol. The number of amides is 2. The largest absolute Gasteiger partial charge is 0.391 e. The molecule has 7 nitrogen and oxygen atoms in total. The van der Waals surface area contributed by atoms with Gasteiger partial charge in [0.15, 0.2) is 0 Å². The molecule has 0 aliphatic rings. The number of benzene rings is 1. The van der Waals surface area contributed by atoms with Gasteiger partial charge in [-0.1, -0.05) is 30.3 Å². The van der Waals surface area contributed by atoms with Crippen molar-refractivity contribution in [2.45, 2.75) is 31.5 Å². The quantitative estimate of drug-likeness (QED) is 0.473. The Balaban J connectivity index is 2.42. The van der Waals surface area contributed by atoms with Gasteiger partial charge in [-0.25, -0.2) is 0 Å². The van der Waals surface area contributed by atoms with Crippen molar-refractivity contribution >= 4 is 18.1 Å². The molecule has 0 aliphatic heterocycles. The van der Waals surface area contributed by atoms with Crippen LogP contribution in [0.1, 0.15) is 12.5 Å². The molecule has 7 heteroatoms. The zero-order chi connectivity index (χ0) is 16.5. The summed E-state index contributed by atoms with van der Waals surface area (Å²) in [5.74, 6) is -1.17. The lowest BCUT2D eigenvalue weighted by Gasteiger charge is -2.16. The first-order valence-electron chi connectivity index (χ1n) is 6.86. The average Bonchev–Trinajstić information content (AvgIpc) is 2.52. The number of carbonyl (C=O) groups is 2. The molecule has 1 rings (SSSR count). The second-order valence-corrected chi connectivity index (χ2v) is 4.91. The zero-order valence-corrected chi connectivity index (χ0v) is 12.3. The maximum Gasteiger partial charge on any atom is 0.240 e. The second kappa shape index (κ2) is 8.91. The molecule has 0 fully saturated rings. The molecule has 5 N–H and O–H groups in total. The van der Waals surface area contributed by atoms with Crippen molar-refractivity contribution in [3.8, 4) is 0 Å². The molecule has 1 radical (unpaired) electrons. The van der Waals surface area contributed by atoms with Gasteiger partial charge in [0.1, 0.15) is 6.04 Å². The van der Waals surface area contributed by atoms with E-state index in [2.05, 4.69) is 10.6 Å². The number of carbonyl (C=O) groups excluding carboxylic acids is 3. The van der Waals surface area contributed by atoms with Crippen LogP contribution >= 0.6 is 0 Å². The van der Waals surface area contributed by atoms with Crippen LogP contribution in [0.2, 0.25) is 0 Å². The molecule has 0 aromatic heterocycles. The Hall–Kier alpha value is -2.25. The van der Waals surface area contributed by atoms with Crippen LogP contribution in [0.25, 0.3) is 0 Å². The fraction of sp³-hybridized carbons (Fsp3) is 0.400. The number of nitrogens with two attached hydrogens (primary N) is 1. The lowest BCUT2D eigenvalue weighted by Crippen LogP contribution is -2.50. The molecular formula is C15H20N3O4. The third-order valence-corrected chi connectivity index (χ3v) is 3.01. The highest BCUT2D eigenvalue weighted by Crippen LogP contribution is 2.01. The molecule has 0 saturated heterocycles. The molecule has 0 heterocycles. The van der Waals surface area contributed by atoms with E-state index in [4.69, 9.17) is 10.8 Å². The summed E-state index contributed by atoms with van der Waals surface area (Å²) in [6.07, 6.45) is 1.05. The van der Waals surface area contributed by atoms with Gasteiger partial charge < -0.3 is 21.5 Å². The topological polar surface area (TPSA) is 122 Å². The number of aliphatic hydroxyl groups excluding tert-OH is 1. The van der Waals surface area contributed by atoms with E-state index < -0.39 is 30.0 Å². The van der Waals surface area contributed by atoms with Gasteiger partial charge in [-0.2, -0.15) is 0 Å². The summed E-state index contributed by atoms with van der Waals surface area (Å²) in [6.45, 7) is 1.05. The predicted molar refractivity (Wildman–Crippen MR) is 80.4 cm³/mol. The summed E-state index contributed by atoms with van der Waals surface area (Å²) in [4.78, 5) is 34.1. The number of hydrogen-bond acceptors (Lipinski definition) is 5. The SMILES string of the molecule is C[C@H](O)[C@H](N)C(=O)NCC(=O)N[C@H]([C]=O)Cc1ccccc1. The molecule has 22 heavy (non-hydrogen) atoms. The number of aliphatic hydroxyl groups is 1. The summed E-state index contributed by atoms with van der Waals surface area (Å²) in [7, 11) is 0. The molecular weight excluding hydrogens is 286 g/mol. The lowest BCUT2D eigenvalue weighted by atomic mass is 10.1. The number of nitrogens with one attached hydrogen (secondary N) is 2. The summed E-state index contributed by atoms with van der Waals surface area (Å²) < 4.78 is 0. The molecule has 0 unspecified atom stereocenters. The van der Waals surface area contributed by atoms with Gasteiger partial charge in [-0.05, 0) is 12.5 Å². The molecule has 119 valence electrons. The van der Waals surface area contributed by atoms with Crippen LogP contribution in [0.4, 0.5) is 0 Å². The standard InChI is InChI=1S/C15H20N3O4/c1-10(20)14(16)15(22)17-8-13(21)18-12(9-19)7-11-5-3-2-4-6-11/h2-6,10,12,14,20H,7-8,16H2,1H3,(H,17,22)(H,18,21)/t10-,12-,14-/m0/s1. The van der Waals surface area contributed by atoms with Crippen molar-refractivity contribution in [2.24, 2.45) is 5.73 Å². The van der Waals surface area contributed by atoms with E-state index >= 15 is 0 Å². The fourth-order valence-corrected chi connectivity index (χ4v) is 1.72. The van der Waals surface area contributed by atoms with E-state index in [1.54, 1.807) is 6.29 Å². The van der Waals surface area contributed by atoms with Crippen molar-refractivity contribution < 1.29 is 19.5 Å². The van der Waals surface area contributed by atoms with Gasteiger partial charge in [0.05, 0.1) is 18.7 Å². The summed E-state index contributed by atoms with van der Waals surface area (Å²) in [5.41, 5.74) is 6.31. The van der Waals surface area contributed by atoms with E-state index in [-0.39, 0.29) is 6.54 Å². The van der Waals surface area contributed by atoms with Gasteiger partial charge >= 0.3 is 0 Å². The second-order valence-electron chi connectivity index (χ2n) is 4.91. The molecule has 1 aromatic rings. The highest BCUT2D eigenvalue weighted by Gasteiger charge is 2.20. The highest BCUT2D eigenvalue weighted by molar-refractivity contribution is 5.88. The Kier molecular flexibility index (Phi) is 7.21. The molecule has 1 aromatic carbocycles. The minimum Gasteiger partial charge on any atom is -0.391 e. The van der Waals surface area contributed by atoms with Gasteiger partial charge in [0.25, 0.3) is 0 Å². The summed E-state index contributed by atoms with van der Waals surface area (Å²) in [6, 6.07) is 7.28. The van der Waals surface area contributed by atoms with Crippen LogP contribution in [0, 0.1) is 0 Å². The Bertz CT molecular complexity index is 505. The van der Waals surface area contributed by atoms with Crippen molar-refractivity contribution in [3.63, 3.8) is 0 Å². The molecule has 0 spiro atoms. The normalized spacial score (nSPS) is 14.5. The zero-order valence-electron chi connectivity index (χ0n) is 12.3. The van der Waals surface area contributed by atoms with E-state index in [1.807, 2.05) is 30.3 Å². The van der Waals surface area contributed by atoms with E-state index in [9.17, 15) is 14.4 Å². The maximum atomic E-state index is 11.7. The van der Waals surface area contributed by atoms with Crippen molar-refractivity contribution in [1.29, 1.82) is 0 Å². The molecule has 0 aliphatic carbocycles. The lowest BCUT2D eigenvalue weighted by molar-refractivity contribution is -0.128. The van der Waals surface area contributed by atoms with Crippen LogP contribution in [-0.4, -0.2) is 47.9 Å². The van der Waals surface area contributed by atoms with Crippen LogP contribution in [0.5, 0.6) is 0 Å². The Morgan fingerprint density at radius 1 is 1.32 bits per heavy atom. The van der Waals surface area contributed by atoms with Crippen molar-refractivity contribution in [3.05, 3.63) is 35.9 Å². The van der Waals surface area contributed by atoms with Gasteiger partial charge in [0.2, 0.25) is 18.1 Å². The minimum absolute atomic E-state index is 0.317.